The molecule has 1 aromatic rings. The van der Waals surface area contributed by atoms with Crippen molar-refractivity contribution in [1.82, 2.24) is 14.7 Å². The molecule has 82 valence electrons. The summed E-state index contributed by atoms with van der Waals surface area (Å²) in [6.45, 7) is 5.30. The molecule has 0 bridgehead atoms. The molecule has 0 aromatic carbocycles. The Kier molecular flexibility index (Phi) is 2.50. The number of aromatic nitrogens is 2. The second-order valence-electron chi connectivity index (χ2n) is 4.04. The average molecular weight is 207 g/mol. The van der Waals surface area contributed by atoms with Gasteiger partial charge in [0.25, 0.3) is 0 Å². The van der Waals surface area contributed by atoms with Crippen LogP contribution in [0.4, 0.5) is 0 Å². The molecular weight excluding hydrogens is 190 g/mol. The van der Waals surface area contributed by atoms with Crippen molar-refractivity contribution in [3.8, 4) is 0 Å². The molecule has 0 aliphatic carbocycles. The van der Waals surface area contributed by atoms with Gasteiger partial charge in [-0.25, -0.2) is 0 Å². The number of carbonyl (C=O) groups is 1. The molecule has 1 amide bonds. The van der Waals surface area contributed by atoms with Gasteiger partial charge in [-0.2, -0.15) is 5.10 Å². The molecule has 0 atom stereocenters. The lowest BCUT2D eigenvalue weighted by atomic mass is 10.0. The number of hydrogen-bond donors (Lipinski definition) is 0. The summed E-state index contributed by atoms with van der Waals surface area (Å²) in [5.74, 6) is 0.159. The Bertz CT molecular complexity index is 395. The molecule has 0 spiro atoms. The van der Waals surface area contributed by atoms with Crippen LogP contribution in [0.3, 0.4) is 0 Å². The van der Waals surface area contributed by atoms with Crippen LogP contribution in [-0.2, 0) is 31.2 Å². The Balaban J connectivity index is 2.35. The van der Waals surface area contributed by atoms with Gasteiger partial charge in [0, 0.05) is 44.7 Å². The SMILES string of the molecule is CCc1nn(C)c2c1CN(C(C)=O)CC2. The summed E-state index contributed by atoms with van der Waals surface area (Å²) in [5, 5.41) is 4.48. The zero-order chi connectivity index (χ0) is 11.0. The van der Waals surface area contributed by atoms with Crippen LogP contribution < -0.4 is 0 Å². The van der Waals surface area contributed by atoms with Crippen LogP contribution in [0.25, 0.3) is 0 Å². The van der Waals surface area contributed by atoms with Crippen LogP contribution in [0.15, 0.2) is 0 Å². The van der Waals surface area contributed by atoms with Crippen molar-refractivity contribution < 1.29 is 4.79 Å². The standard InChI is InChI=1S/C11H17N3O/c1-4-10-9-7-14(8(2)15)6-5-11(9)13(3)12-10/h4-7H2,1-3H3. The lowest BCUT2D eigenvalue weighted by Gasteiger charge is -2.26. The first-order chi connectivity index (χ1) is 7.13. The maximum atomic E-state index is 11.3. The van der Waals surface area contributed by atoms with Gasteiger partial charge in [-0.1, -0.05) is 6.92 Å². The van der Waals surface area contributed by atoms with E-state index in [0.29, 0.717) is 0 Å². The number of carbonyl (C=O) groups excluding carboxylic acids is 1. The van der Waals surface area contributed by atoms with Crippen LogP contribution in [0.5, 0.6) is 0 Å². The van der Waals surface area contributed by atoms with E-state index in [1.165, 1.54) is 11.3 Å². The van der Waals surface area contributed by atoms with Crippen molar-refractivity contribution in [2.45, 2.75) is 33.2 Å². The second-order valence-corrected chi connectivity index (χ2v) is 4.04. The van der Waals surface area contributed by atoms with Crippen molar-refractivity contribution in [2.75, 3.05) is 6.54 Å². The zero-order valence-corrected chi connectivity index (χ0v) is 9.58. The summed E-state index contributed by atoms with van der Waals surface area (Å²) in [6, 6.07) is 0. The quantitative estimate of drug-likeness (QED) is 0.686. The van der Waals surface area contributed by atoms with Gasteiger partial charge in [0.15, 0.2) is 0 Å². The van der Waals surface area contributed by atoms with E-state index in [2.05, 4.69) is 12.0 Å². The van der Waals surface area contributed by atoms with Crippen molar-refractivity contribution in [3.05, 3.63) is 17.0 Å². The first-order valence-electron chi connectivity index (χ1n) is 5.42. The highest BCUT2D eigenvalue weighted by atomic mass is 16.2. The highest BCUT2D eigenvalue weighted by Crippen LogP contribution is 2.22. The molecule has 4 heteroatoms. The van der Waals surface area contributed by atoms with E-state index in [9.17, 15) is 4.79 Å². The van der Waals surface area contributed by atoms with E-state index in [4.69, 9.17) is 0 Å². The Labute approximate surface area is 89.9 Å². The van der Waals surface area contributed by atoms with Gasteiger partial charge in [0.1, 0.15) is 0 Å². The number of fused-ring (bicyclic) bond motifs is 1. The normalized spacial score (nSPS) is 15.3. The van der Waals surface area contributed by atoms with E-state index in [1.54, 1.807) is 6.92 Å². The third kappa shape index (κ3) is 1.64. The van der Waals surface area contributed by atoms with Crippen LogP contribution >= 0.6 is 0 Å². The molecule has 0 saturated carbocycles. The van der Waals surface area contributed by atoms with Gasteiger partial charge in [-0.15, -0.1) is 0 Å². The van der Waals surface area contributed by atoms with E-state index in [1.807, 2.05) is 16.6 Å². The predicted molar refractivity (Wildman–Crippen MR) is 57.4 cm³/mol. The third-order valence-corrected chi connectivity index (χ3v) is 3.11. The fraction of sp³-hybridized carbons (Fsp3) is 0.636. The fourth-order valence-corrected chi connectivity index (χ4v) is 2.22. The summed E-state index contributed by atoms with van der Waals surface area (Å²) in [6.07, 6.45) is 1.87. The molecular formula is C11H17N3O. The van der Waals surface area contributed by atoms with E-state index < -0.39 is 0 Å². The molecule has 2 rings (SSSR count). The maximum absolute atomic E-state index is 11.3. The van der Waals surface area contributed by atoms with Crippen LogP contribution in [0.2, 0.25) is 0 Å². The number of nitrogens with zero attached hydrogens (tertiary/aromatic N) is 3. The number of rotatable bonds is 1. The summed E-state index contributed by atoms with van der Waals surface area (Å²) in [5.41, 5.74) is 3.70. The smallest absolute Gasteiger partial charge is 0.219 e. The highest BCUT2D eigenvalue weighted by molar-refractivity contribution is 5.73. The number of amides is 1. The van der Waals surface area contributed by atoms with E-state index in [-0.39, 0.29) is 5.91 Å². The first kappa shape index (κ1) is 10.2. The first-order valence-corrected chi connectivity index (χ1v) is 5.42. The third-order valence-electron chi connectivity index (χ3n) is 3.11. The van der Waals surface area contributed by atoms with Gasteiger partial charge in [-0.05, 0) is 6.42 Å². The molecule has 0 unspecified atom stereocenters. The second kappa shape index (κ2) is 3.68. The van der Waals surface area contributed by atoms with Gasteiger partial charge in [-0.3, -0.25) is 9.48 Å². The predicted octanol–water partition coefficient (Wildman–Crippen LogP) is 0.887. The lowest BCUT2D eigenvalue weighted by molar-refractivity contribution is -0.129. The monoisotopic (exact) mass is 207 g/mol. The minimum Gasteiger partial charge on any atom is -0.338 e. The van der Waals surface area contributed by atoms with Gasteiger partial charge in [0.2, 0.25) is 5.91 Å². The molecule has 0 radical (unpaired) electrons. The van der Waals surface area contributed by atoms with Crippen LogP contribution in [-0.4, -0.2) is 27.1 Å². The fourth-order valence-electron chi connectivity index (χ4n) is 2.22. The summed E-state index contributed by atoms with van der Waals surface area (Å²) in [4.78, 5) is 13.2. The van der Waals surface area contributed by atoms with Crippen molar-refractivity contribution >= 4 is 5.91 Å². The lowest BCUT2D eigenvalue weighted by Crippen LogP contribution is -2.34. The Morgan fingerprint density at radius 3 is 2.87 bits per heavy atom. The minimum absolute atomic E-state index is 0.159. The van der Waals surface area contributed by atoms with Gasteiger partial charge in [0.05, 0.1) is 5.69 Å². The molecule has 2 heterocycles. The molecule has 15 heavy (non-hydrogen) atoms. The topological polar surface area (TPSA) is 38.1 Å². The molecule has 1 aliphatic heterocycles. The molecule has 0 fully saturated rings. The van der Waals surface area contributed by atoms with Crippen LogP contribution in [0, 0.1) is 0 Å². The Morgan fingerprint density at radius 1 is 1.53 bits per heavy atom. The number of hydrogen-bond acceptors (Lipinski definition) is 2. The minimum atomic E-state index is 0.159. The van der Waals surface area contributed by atoms with Crippen molar-refractivity contribution in [1.29, 1.82) is 0 Å². The highest BCUT2D eigenvalue weighted by Gasteiger charge is 2.23. The van der Waals surface area contributed by atoms with Gasteiger partial charge < -0.3 is 4.90 Å². The van der Waals surface area contributed by atoms with Crippen molar-refractivity contribution in [3.63, 3.8) is 0 Å². The largest absolute Gasteiger partial charge is 0.338 e. The molecule has 4 nitrogen and oxygen atoms in total. The molecule has 1 aromatic heterocycles. The van der Waals surface area contributed by atoms with E-state index >= 15 is 0 Å². The van der Waals surface area contributed by atoms with Gasteiger partial charge >= 0.3 is 0 Å². The number of aryl methyl sites for hydroxylation is 2. The summed E-state index contributed by atoms with van der Waals surface area (Å²) < 4.78 is 1.96. The summed E-state index contributed by atoms with van der Waals surface area (Å²) in [7, 11) is 1.99. The van der Waals surface area contributed by atoms with Crippen LogP contribution in [0.1, 0.15) is 30.8 Å². The average Bonchev–Trinajstić information content (AvgIpc) is 2.55. The Hall–Kier alpha value is -1.32. The Morgan fingerprint density at radius 2 is 2.27 bits per heavy atom. The maximum Gasteiger partial charge on any atom is 0.219 e. The molecule has 0 N–H and O–H groups in total. The zero-order valence-electron chi connectivity index (χ0n) is 9.58. The molecule has 0 saturated heterocycles. The van der Waals surface area contributed by atoms with E-state index in [0.717, 1.165) is 31.6 Å². The van der Waals surface area contributed by atoms with Crippen molar-refractivity contribution in [2.24, 2.45) is 7.05 Å². The molecule has 1 aliphatic rings. The summed E-state index contributed by atoms with van der Waals surface area (Å²) >= 11 is 0.